The predicted molar refractivity (Wildman–Crippen MR) is 74.8 cm³/mol. The number of halogens is 3. The van der Waals surface area contributed by atoms with E-state index in [1.165, 1.54) is 49.6 Å². The molecule has 0 fully saturated rings. The number of fused-ring (bicyclic) bond motifs is 1. The molecule has 120 valence electrons. The van der Waals surface area contributed by atoms with Crippen LogP contribution in [-0.4, -0.2) is 33.7 Å². The van der Waals surface area contributed by atoms with Crippen molar-refractivity contribution >= 4 is 10.9 Å². The van der Waals surface area contributed by atoms with Crippen molar-refractivity contribution in [2.24, 2.45) is 0 Å². The summed E-state index contributed by atoms with van der Waals surface area (Å²) >= 11 is 0. The second-order valence-electron chi connectivity index (χ2n) is 4.56. The zero-order chi connectivity index (χ0) is 16.6. The van der Waals surface area contributed by atoms with Gasteiger partial charge in [-0.1, -0.05) is 0 Å². The van der Waals surface area contributed by atoms with Crippen molar-refractivity contribution in [3.63, 3.8) is 0 Å². The van der Waals surface area contributed by atoms with Gasteiger partial charge in [-0.05, 0) is 6.07 Å². The van der Waals surface area contributed by atoms with Gasteiger partial charge in [-0.25, -0.2) is 15.0 Å². The van der Waals surface area contributed by atoms with E-state index in [1.54, 1.807) is 0 Å². The minimum absolute atomic E-state index is 0.0563. The number of ether oxygens (including phenoxy) is 2. The number of hydrogen-bond donors (Lipinski definition) is 0. The van der Waals surface area contributed by atoms with Gasteiger partial charge < -0.3 is 9.47 Å². The summed E-state index contributed by atoms with van der Waals surface area (Å²) in [4.78, 5) is 11.1. The molecule has 2 heterocycles. The molecule has 0 aliphatic carbocycles. The molecule has 0 saturated heterocycles. The van der Waals surface area contributed by atoms with Gasteiger partial charge in [-0.3, -0.25) is 4.57 Å². The summed E-state index contributed by atoms with van der Waals surface area (Å²) in [5.41, 5.74) is 0.0914. The molecule has 0 unspecified atom stereocenters. The molecule has 23 heavy (non-hydrogen) atoms. The van der Waals surface area contributed by atoms with Gasteiger partial charge in [0.25, 0.3) is 0 Å². The molecule has 0 saturated carbocycles. The summed E-state index contributed by atoms with van der Waals surface area (Å²) in [7, 11) is 2.83. The van der Waals surface area contributed by atoms with E-state index < -0.39 is 12.0 Å². The van der Waals surface area contributed by atoms with Gasteiger partial charge in [-0.15, -0.1) is 0 Å². The van der Waals surface area contributed by atoms with Gasteiger partial charge in [0.1, 0.15) is 12.1 Å². The highest BCUT2D eigenvalue weighted by Crippen LogP contribution is 2.35. The minimum atomic E-state index is -4.67. The first-order valence-corrected chi connectivity index (χ1v) is 6.43. The standard InChI is InChI=1S/C14H11F3N4O2/c1-22-10-5-8-9(6-11(10)23-2)19-13(14(15,16)17)20-12(8)21-4-3-18-7-21/h3-7H,1-2H3. The number of alkyl halides is 3. The van der Waals surface area contributed by atoms with Gasteiger partial charge in [0.2, 0.25) is 5.82 Å². The SMILES string of the molecule is COc1cc2nc(C(F)(F)F)nc(-n3ccnc3)c2cc1OC. The molecule has 6 nitrogen and oxygen atoms in total. The molecule has 0 aliphatic rings. The van der Waals surface area contributed by atoms with E-state index in [9.17, 15) is 13.2 Å². The Morgan fingerprint density at radius 1 is 1.04 bits per heavy atom. The van der Waals surface area contributed by atoms with E-state index in [1.807, 2.05) is 0 Å². The Balaban J connectivity index is 2.37. The van der Waals surface area contributed by atoms with Crippen molar-refractivity contribution < 1.29 is 22.6 Å². The third-order valence-electron chi connectivity index (χ3n) is 3.18. The summed E-state index contributed by atoms with van der Waals surface area (Å²) in [5.74, 6) is -0.533. The summed E-state index contributed by atoms with van der Waals surface area (Å²) in [6, 6.07) is 2.91. The maximum absolute atomic E-state index is 13.1. The summed E-state index contributed by atoms with van der Waals surface area (Å²) < 4.78 is 50.9. The van der Waals surface area contributed by atoms with Crippen LogP contribution < -0.4 is 9.47 Å². The average molecular weight is 324 g/mol. The highest BCUT2D eigenvalue weighted by atomic mass is 19.4. The fourth-order valence-corrected chi connectivity index (χ4v) is 2.15. The zero-order valence-electron chi connectivity index (χ0n) is 12.1. The smallest absolute Gasteiger partial charge is 0.451 e. The highest BCUT2D eigenvalue weighted by Gasteiger charge is 2.36. The lowest BCUT2D eigenvalue weighted by molar-refractivity contribution is -0.144. The molecule has 3 aromatic rings. The Labute approximate surface area is 128 Å². The zero-order valence-corrected chi connectivity index (χ0v) is 12.1. The van der Waals surface area contributed by atoms with Crippen LogP contribution in [0, 0.1) is 0 Å². The lowest BCUT2D eigenvalue weighted by Gasteiger charge is -2.14. The first kappa shape index (κ1) is 15.1. The predicted octanol–water partition coefficient (Wildman–Crippen LogP) is 2.85. The number of imidazole rings is 1. The fraction of sp³-hybridized carbons (Fsp3) is 0.214. The second kappa shape index (κ2) is 5.41. The Bertz CT molecular complexity index is 847. The van der Waals surface area contributed by atoms with Gasteiger partial charge in [0, 0.05) is 23.8 Å². The monoisotopic (exact) mass is 324 g/mol. The van der Waals surface area contributed by atoms with E-state index in [4.69, 9.17) is 9.47 Å². The van der Waals surface area contributed by atoms with Crippen molar-refractivity contribution in [3.8, 4) is 17.3 Å². The molecule has 9 heteroatoms. The Morgan fingerprint density at radius 3 is 2.30 bits per heavy atom. The Kier molecular flexibility index (Phi) is 3.55. The minimum Gasteiger partial charge on any atom is -0.493 e. The summed E-state index contributed by atoms with van der Waals surface area (Å²) in [6.07, 6.45) is -0.365. The molecule has 0 radical (unpaired) electrons. The quantitative estimate of drug-likeness (QED) is 0.741. The van der Waals surface area contributed by atoms with E-state index in [-0.39, 0.29) is 17.1 Å². The molecule has 2 aromatic heterocycles. The highest BCUT2D eigenvalue weighted by molar-refractivity contribution is 5.88. The van der Waals surface area contributed by atoms with Crippen LogP contribution in [0.15, 0.2) is 30.9 Å². The molecule has 0 amide bonds. The third-order valence-corrected chi connectivity index (χ3v) is 3.18. The van der Waals surface area contributed by atoms with Crippen molar-refractivity contribution in [1.29, 1.82) is 0 Å². The molecular weight excluding hydrogens is 313 g/mol. The normalized spacial score (nSPS) is 11.7. The molecule has 0 bridgehead atoms. The number of methoxy groups -OCH3 is 2. The van der Waals surface area contributed by atoms with Gasteiger partial charge in [0.05, 0.1) is 19.7 Å². The third kappa shape index (κ3) is 2.65. The topological polar surface area (TPSA) is 62.1 Å². The number of aromatic nitrogens is 4. The maximum Gasteiger partial charge on any atom is 0.451 e. The van der Waals surface area contributed by atoms with Crippen LogP contribution in [0.1, 0.15) is 5.82 Å². The van der Waals surface area contributed by atoms with Crippen molar-refractivity contribution in [1.82, 2.24) is 19.5 Å². The number of rotatable bonds is 3. The Hall–Kier alpha value is -2.84. The van der Waals surface area contributed by atoms with Crippen molar-refractivity contribution in [2.45, 2.75) is 6.18 Å². The number of benzene rings is 1. The lowest BCUT2D eigenvalue weighted by atomic mass is 10.2. The van der Waals surface area contributed by atoms with Crippen LogP contribution in [0.5, 0.6) is 11.5 Å². The maximum atomic E-state index is 13.1. The van der Waals surface area contributed by atoms with E-state index in [2.05, 4.69) is 15.0 Å². The van der Waals surface area contributed by atoms with E-state index >= 15 is 0 Å². The fourth-order valence-electron chi connectivity index (χ4n) is 2.15. The van der Waals surface area contributed by atoms with Crippen LogP contribution in [0.25, 0.3) is 16.7 Å². The molecule has 0 atom stereocenters. The van der Waals surface area contributed by atoms with E-state index in [0.717, 1.165) is 0 Å². The van der Waals surface area contributed by atoms with Crippen molar-refractivity contribution in [3.05, 3.63) is 36.7 Å². The van der Waals surface area contributed by atoms with Gasteiger partial charge >= 0.3 is 6.18 Å². The van der Waals surface area contributed by atoms with Crippen LogP contribution in [0.3, 0.4) is 0 Å². The van der Waals surface area contributed by atoms with Crippen LogP contribution in [0.4, 0.5) is 13.2 Å². The molecular formula is C14H11F3N4O2. The first-order chi connectivity index (χ1) is 10.9. The Morgan fingerprint density at radius 2 is 1.74 bits per heavy atom. The average Bonchev–Trinajstić information content (AvgIpc) is 3.05. The van der Waals surface area contributed by atoms with Crippen LogP contribution >= 0.6 is 0 Å². The molecule has 0 N–H and O–H groups in total. The van der Waals surface area contributed by atoms with Gasteiger partial charge in [-0.2, -0.15) is 13.2 Å². The molecule has 1 aromatic carbocycles. The lowest BCUT2D eigenvalue weighted by Crippen LogP contribution is -2.13. The first-order valence-electron chi connectivity index (χ1n) is 6.43. The number of nitrogens with zero attached hydrogens (tertiary/aromatic N) is 4. The summed E-state index contributed by atoms with van der Waals surface area (Å²) in [6.45, 7) is 0. The van der Waals surface area contributed by atoms with E-state index in [0.29, 0.717) is 11.1 Å². The van der Waals surface area contributed by atoms with Crippen LogP contribution in [-0.2, 0) is 6.18 Å². The molecule has 0 spiro atoms. The molecule has 0 aliphatic heterocycles. The van der Waals surface area contributed by atoms with Crippen LogP contribution in [0.2, 0.25) is 0 Å². The largest absolute Gasteiger partial charge is 0.493 e. The number of hydrogen-bond acceptors (Lipinski definition) is 5. The molecule has 3 rings (SSSR count). The van der Waals surface area contributed by atoms with Crippen molar-refractivity contribution in [2.75, 3.05) is 14.2 Å². The summed E-state index contributed by atoms with van der Waals surface area (Å²) in [5, 5.41) is 0.383. The van der Waals surface area contributed by atoms with Gasteiger partial charge in [0.15, 0.2) is 11.5 Å². The second-order valence-corrected chi connectivity index (χ2v) is 4.56.